The molecule has 1 unspecified atom stereocenters. The third-order valence-electron chi connectivity index (χ3n) is 5.72. The minimum absolute atomic E-state index is 0.0580. The first kappa shape index (κ1) is 24.9. The number of carbonyl (C=O) groups excluding carboxylic acids is 2. The Morgan fingerprint density at radius 3 is 2.42 bits per heavy atom. The van der Waals surface area contributed by atoms with Gasteiger partial charge in [0.25, 0.3) is 0 Å². The van der Waals surface area contributed by atoms with Crippen molar-refractivity contribution in [1.82, 2.24) is 10.2 Å². The number of halogens is 1. The summed E-state index contributed by atoms with van der Waals surface area (Å²) in [7, 11) is 0. The second kappa shape index (κ2) is 12.5. The van der Waals surface area contributed by atoms with E-state index in [-0.39, 0.29) is 11.8 Å². The molecule has 0 fully saturated rings. The molecule has 1 atom stereocenters. The van der Waals surface area contributed by atoms with Crippen molar-refractivity contribution in [3.63, 3.8) is 0 Å². The van der Waals surface area contributed by atoms with Crippen molar-refractivity contribution in [2.45, 2.75) is 58.5 Å². The van der Waals surface area contributed by atoms with Gasteiger partial charge in [0, 0.05) is 24.5 Å². The van der Waals surface area contributed by atoms with Gasteiger partial charge in [-0.1, -0.05) is 50.1 Å². The second-order valence-electron chi connectivity index (χ2n) is 8.19. The molecule has 0 radical (unpaired) electrons. The van der Waals surface area contributed by atoms with Crippen molar-refractivity contribution in [3.8, 4) is 11.5 Å². The van der Waals surface area contributed by atoms with Crippen LogP contribution in [0.15, 0.2) is 42.5 Å². The van der Waals surface area contributed by atoms with E-state index in [1.165, 1.54) is 0 Å². The average Bonchev–Trinajstić information content (AvgIpc) is 2.83. The zero-order chi connectivity index (χ0) is 23.6. The van der Waals surface area contributed by atoms with Crippen molar-refractivity contribution < 1.29 is 19.1 Å². The van der Waals surface area contributed by atoms with Gasteiger partial charge in [0.1, 0.15) is 19.3 Å². The quantitative estimate of drug-likeness (QED) is 0.478. The summed E-state index contributed by atoms with van der Waals surface area (Å²) in [6.07, 6.45) is 3.31. The van der Waals surface area contributed by atoms with Gasteiger partial charge in [0.2, 0.25) is 11.8 Å². The van der Waals surface area contributed by atoms with Gasteiger partial charge in [-0.3, -0.25) is 9.59 Å². The molecule has 1 aliphatic heterocycles. The number of ether oxygens (including phenoxy) is 2. The number of rotatable bonds is 11. The number of nitrogens with zero attached hydrogens (tertiary/aromatic N) is 1. The van der Waals surface area contributed by atoms with E-state index in [2.05, 4.69) is 12.2 Å². The Morgan fingerprint density at radius 1 is 1.03 bits per heavy atom. The summed E-state index contributed by atoms with van der Waals surface area (Å²) < 4.78 is 11.2. The van der Waals surface area contributed by atoms with Crippen molar-refractivity contribution >= 4 is 23.4 Å². The standard InChI is InChI=1S/C26H33ClN2O4/c1-3-5-14-28-26(31)22(4-2)29(18-20-6-10-21(27)11-7-20)25(30)13-9-19-8-12-23-24(17-19)33-16-15-32-23/h6-8,10-12,17,22H,3-5,9,13-16,18H2,1-2H3,(H,28,31). The Hall–Kier alpha value is -2.73. The van der Waals surface area contributed by atoms with E-state index in [9.17, 15) is 9.59 Å². The number of nitrogens with one attached hydrogen (secondary N) is 1. The summed E-state index contributed by atoms with van der Waals surface area (Å²) in [5, 5.41) is 3.63. The summed E-state index contributed by atoms with van der Waals surface area (Å²) in [5.74, 6) is 1.28. The van der Waals surface area contributed by atoms with Crippen LogP contribution in [0.2, 0.25) is 5.02 Å². The number of aryl methyl sites for hydroxylation is 1. The fourth-order valence-electron chi connectivity index (χ4n) is 3.85. The molecule has 0 aliphatic carbocycles. The maximum Gasteiger partial charge on any atom is 0.242 e. The van der Waals surface area contributed by atoms with Crippen LogP contribution >= 0.6 is 11.6 Å². The fourth-order valence-corrected chi connectivity index (χ4v) is 3.98. The molecule has 0 saturated carbocycles. The van der Waals surface area contributed by atoms with Crippen LogP contribution in [0.3, 0.4) is 0 Å². The monoisotopic (exact) mass is 472 g/mol. The molecular formula is C26H33ClN2O4. The smallest absolute Gasteiger partial charge is 0.242 e. The van der Waals surface area contributed by atoms with Gasteiger partial charge < -0.3 is 19.7 Å². The number of benzene rings is 2. The average molecular weight is 473 g/mol. The van der Waals surface area contributed by atoms with E-state index in [0.29, 0.717) is 56.3 Å². The van der Waals surface area contributed by atoms with E-state index in [0.717, 1.165) is 29.7 Å². The molecule has 178 valence electrons. The molecule has 1 aliphatic rings. The Labute approximate surface area is 201 Å². The minimum atomic E-state index is -0.523. The number of hydrogen-bond acceptors (Lipinski definition) is 4. The Kier molecular flexibility index (Phi) is 9.43. The van der Waals surface area contributed by atoms with E-state index in [4.69, 9.17) is 21.1 Å². The third kappa shape index (κ3) is 7.13. The van der Waals surface area contributed by atoms with Crippen LogP contribution in [0.1, 0.15) is 50.7 Å². The highest BCUT2D eigenvalue weighted by Gasteiger charge is 2.28. The predicted octanol–water partition coefficient (Wildman–Crippen LogP) is 4.77. The molecule has 3 rings (SSSR count). The van der Waals surface area contributed by atoms with Crippen LogP contribution in [0, 0.1) is 0 Å². The van der Waals surface area contributed by atoms with Crippen LogP contribution in [-0.2, 0) is 22.6 Å². The van der Waals surface area contributed by atoms with Crippen LogP contribution in [0.4, 0.5) is 0 Å². The van der Waals surface area contributed by atoms with Gasteiger partial charge in [-0.15, -0.1) is 0 Å². The largest absolute Gasteiger partial charge is 0.486 e. The lowest BCUT2D eigenvalue weighted by Crippen LogP contribution is -2.49. The van der Waals surface area contributed by atoms with E-state index < -0.39 is 6.04 Å². The first-order valence-corrected chi connectivity index (χ1v) is 12.1. The van der Waals surface area contributed by atoms with Gasteiger partial charge in [0.15, 0.2) is 11.5 Å². The van der Waals surface area contributed by atoms with Gasteiger partial charge in [-0.2, -0.15) is 0 Å². The minimum Gasteiger partial charge on any atom is -0.486 e. The molecule has 1 N–H and O–H groups in total. The van der Waals surface area contributed by atoms with Gasteiger partial charge >= 0.3 is 0 Å². The highest BCUT2D eigenvalue weighted by molar-refractivity contribution is 6.30. The van der Waals surface area contributed by atoms with Gasteiger partial charge in [0.05, 0.1) is 0 Å². The highest BCUT2D eigenvalue weighted by Crippen LogP contribution is 2.31. The molecule has 6 nitrogen and oxygen atoms in total. The van der Waals surface area contributed by atoms with Crippen LogP contribution in [0.5, 0.6) is 11.5 Å². The molecule has 7 heteroatoms. The zero-order valence-corrected chi connectivity index (χ0v) is 20.2. The zero-order valence-electron chi connectivity index (χ0n) is 19.4. The van der Waals surface area contributed by atoms with E-state index in [1.807, 2.05) is 37.3 Å². The Balaban J connectivity index is 1.72. The van der Waals surface area contributed by atoms with Gasteiger partial charge in [-0.25, -0.2) is 0 Å². The summed E-state index contributed by atoms with van der Waals surface area (Å²) in [6, 6.07) is 12.6. The Bertz CT molecular complexity index is 932. The highest BCUT2D eigenvalue weighted by atomic mass is 35.5. The fraction of sp³-hybridized carbons (Fsp3) is 0.462. The van der Waals surface area contributed by atoms with Crippen molar-refractivity contribution in [3.05, 3.63) is 58.6 Å². The molecule has 1 heterocycles. The predicted molar refractivity (Wildman–Crippen MR) is 130 cm³/mol. The lowest BCUT2D eigenvalue weighted by molar-refractivity contribution is -0.141. The third-order valence-corrected chi connectivity index (χ3v) is 5.97. The molecule has 0 aromatic heterocycles. The van der Waals surface area contributed by atoms with Crippen molar-refractivity contribution in [1.29, 1.82) is 0 Å². The number of hydrogen-bond donors (Lipinski definition) is 1. The summed E-state index contributed by atoms with van der Waals surface area (Å²) >= 11 is 6.03. The normalized spacial score (nSPS) is 13.3. The van der Waals surface area contributed by atoms with E-state index in [1.54, 1.807) is 17.0 Å². The Morgan fingerprint density at radius 2 is 1.73 bits per heavy atom. The maximum atomic E-state index is 13.4. The van der Waals surface area contributed by atoms with Crippen LogP contribution in [-0.4, -0.2) is 42.5 Å². The molecule has 2 aromatic carbocycles. The summed E-state index contributed by atoms with van der Waals surface area (Å²) in [4.78, 5) is 28.0. The second-order valence-corrected chi connectivity index (χ2v) is 8.63. The number of amides is 2. The first-order valence-electron chi connectivity index (χ1n) is 11.7. The van der Waals surface area contributed by atoms with Crippen molar-refractivity contribution in [2.75, 3.05) is 19.8 Å². The lowest BCUT2D eigenvalue weighted by Gasteiger charge is -2.31. The number of fused-ring (bicyclic) bond motifs is 1. The summed E-state index contributed by atoms with van der Waals surface area (Å²) in [5.41, 5.74) is 1.94. The van der Waals surface area contributed by atoms with Gasteiger partial charge in [-0.05, 0) is 54.7 Å². The SMILES string of the molecule is CCCCNC(=O)C(CC)N(Cc1ccc(Cl)cc1)C(=O)CCc1ccc2c(c1)OCCO2. The molecular weight excluding hydrogens is 440 g/mol. The molecule has 2 aromatic rings. The van der Waals surface area contributed by atoms with Crippen molar-refractivity contribution in [2.24, 2.45) is 0 Å². The maximum absolute atomic E-state index is 13.4. The molecule has 0 spiro atoms. The molecule has 0 bridgehead atoms. The van der Waals surface area contributed by atoms with E-state index >= 15 is 0 Å². The number of carbonyl (C=O) groups is 2. The molecule has 33 heavy (non-hydrogen) atoms. The van der Waals surface area contributed by atoms with Crippen LogP contribution in [0.25, 0.3) is 0 Å². The topological polar surface area (TPSA) is 67.9 Å². The molecule has 2 amide bonds. The van der Waals surface area contributed by atoms with Crippen LogP contribution < -0.4 is 14.8 Å². The summed E-state index contributed by atoms with van der Waals surface area (Å²) in [6.45, 7) is 6.06. The first-order chi connectivity index (χ1) is 16.0. The lowest BCUT2D eigenvalue weighted by atomic mass is 10.1. The number of unbranched alkanes of at least 4 members (excludes halogenated alkanes) is 1. The molecule has 0 saturated heterocycles.